The molecule has 1 N–H and O–H groups in total. The summed E-state index contributed by atoms with van der Waals surface area (Å²) >= 11 is 6.11. The molecule has 1 aromatic carbocycles. The molecule has 2 atom stereocenters. The van der Waals surface area contributed by atoms with Gasteiger partial charge < -0.3 is 10.1 Å². The van der Waals surface area contributed by atoms with Crippen molar-refractivity contribution in [2.24, 2.45) is 17.8 Å². The number of halogens is 1. The minimum Gasteiger partial charge on any atom is -0.496 e. The highest BCUT2D eigenvalue weighted by atomic mass is 35.5. The molecule has 2 rings (SSSR count). The minimum atomic E-state index is 0.724. The molecule has 0 heterocycles. The first kappa shape index (κ1) is 15.7. The Labute approximate surface area is 127 Å². The number of hydrogen-bond donors (Lipinski definition) is 1. The topological polar surface area (TPSA) is 21.3 Å². The quantitative estimate of drug-likeness (QED) is 0.815. The molecule has 1 saturated carbocycles. The van der Waals surface area contributed by atoms with Gasteiger partial charge in [0, 0.05) is 5.02 Å². The molecule has 2 nitrogen and oxygen atoms in total. The van der Waals surface area contributed by atoms with Crippen molar-refractivity contribution < 1.29 is 4.74 Å². The normalized spacial score (nSPS) is 21.9. The van der Waals surface area contributed by atoms with Crippen molar-refractivity contribution in [2.75, 3.05) is 20.2 Å². The van der Waals surface area contributed by atoms with E-state index in [0.29, 0.717) is 0 Å². The van der Waals surface area contributed by atoms with E-state index >= 15 is 0 Å². The second-order valence-electron chi connectivity index (χ2n) is 6.31. The first-order valence-corrected chi connectivity index (χ1v) is 8.01. The van der Waals surface area contributed by atoms with Gasteiger partial charge in [0.1, 0.15) is 5.75 Å². The Kier molecular flexibility index (Phi) is 5.74. The van der Waals surface area contributed by atoms with Crippen molar-refractivity contribution in [1.82, 2.24) is 5.32 Å². The molecule has 0 amide bonds. The van der Waals surface area contributed by atoms with Gasteiger partial charge >= 0.3 is 0 Å². The summed E-state index contributed by atoms with van der Waals surface area (Å²) in [5.74, 6) is 3.26. The van der Waals surface area contributed by atoms with E-state index in [2.05, 4.69) is 25.2 Å². The number of nitrogens with one attached hydrogen (secondary N) is 1. The molecule has 0 spiro atoms. The molecule has 0 aromatic heterocycles. The molecule has 20 heavy (non-hydrogen) atoms. The Balaban J connectivity index is 1.88. The molecule has 112 valence electrons. The number of rotatable bonds is 7. The molecular weight excluding hydrogens is 270 g/mol. The first-order valence-electron chi connectivity index (χ1n) is 7.63. The van der Waals surface area contributed by atoms with Crippen molar-refractivity contribution in [3.63, 3.8) is 0 Å². The predicted octanol–water partition coefficient (Wildman–Crippen LogP) is 4.16. The van der Waals surface area contributed by atoms with E-state index in [4.69, 9.17) is 16.3 Å². The summed E-state index contributed by atoms with van der Waals surface area (Å²) in [5, 5.41) is 4.39. The molecule has 0 radical (unpaired) electrons. The third-order valence-electron chi connectivity index (χ3n) is 4.26. The summed E-state index contributed by atoms with van der Waals surface area (Å²) in [7, 11) is 1.73. The molecule has 3 heteroatoms. The van der Waals surface area contributed by atoms with Crippen LogP contribution in [0.15, 0.2) is 18.2 Å². The summed E-state index contributed by atoms with van der Waals surface area (Å²) in [4.78, 5) is 0. The number of benzene rings is 1. The smallest absolute Gasteiger partial charge is 0.122 e. The lowest BCUT2D eigenvalue weighted by molar-refractivity contribution is 0.168. The van der Waals surface area contributed by atoms with Crippen LogP contribution in [0.2, 0.25) is 5.02 Å². The second kappa shape index (κ2) is 7.33. The highest BCUT2D eigenvalue weighted by Gasteiger charge is 2.31. The average Bonchev–Trinajstić information content (AvgIpc) is 2.39. The van der Waals surface area contributed by atoms with Gasteiger partial charge in [-0.3, -0.25) is 0 Å². The lowest BCUT2D eigenvalue weighted by atomic mass is 9.70. The van der Waals surface area contributed by atoms with Gasteiger partial charge in [0.2, 0.25) is 0 Å². The lowest BCUT2D eigenvalue weighted by Crippen LogP contribution is -2.37. The second-order valence-corrected chi connectivity index (χ2v) is 6.75. The fourth-order valence-corrected chi connectivity index (χ4v) is 3.12. The molecule has 1 aliphatic rings. The average molecular weight is 296 g/mol. The zero-order chi connectivity index (χ0) is 14.5. The SMILES string of the molecule is COc1ccc(Cl)cc1CC1CCC1CNCC(C)C. The van der Waals surface area contributed by atoms with Crippen LogP contribution in [-0.2, 0) is 6.42 Å². The summed E-state index contributed by atoms with van der Waals surface area (Å²) in [6.45, 7) is 6.76. The maximum Gasteiger partial charge on any atom is 0.122 e. The molecule has 2 unspecified atom stereocenters. The van der Waals surface area contributed by atoms with Gasteiger partial charge in [0.05, 0.1) is 7.11 Å². The van der Waals surface area contributed by atoms with Crippen LogP contribution in [0, 0.1) is 17.8 Å². The van der Waals surface area contributed by atoms with Gasteiger partial charge in [-0.05, 0) is 73.9 Å². The van der Waals surface area contributed by atoms with E-state index in [1.165, 1.54) is 18.4 Å². The van der Waals surface area contributed by atoms with Gasteiger partial charge in [-0.2, -0.15) is 0 Å². The molecule has 1 fully saturated rings. The Hall–Kier alpha value is -0.730. The van der Waals surface area contributed by atoms with Crippen molar-refractivity contribution in [1.29, 1.82) is 0 Å². The zero-order valence-corrected chi connectivity index (χ0v) is 13.5. The number of hydrogen-bond acceptors (Lipinski definition) is 2. The van der Waals surface area contributed by atoms with Crippen LogP contribution in [0.1, 0.15) is 32.3 Å². The van der Waals surface area contributed by atoms with E-state index in [1.807, 2.05) is 12.1 Å². The molecule has 1 aromatic rings. The third-order valence-corrected chi connectivity index (χ3v) is 4.49. The van der Waals surface area contributed by atoms with Crippen molar-refractivity contribution in [3.05, 3.63) is 28.8 Å². The summed E-state index contributed by atoms with van der Waals surface area (Å²) in [6.07, 6.45) is 3.75. The summed E-state index contributed by atoms with van der Waals surface area (Å²) in [6, 6.07) is 5.92. The summed E-state index contributed by atoms with van der Waals surface area (Å²) < 4.78 is 5.44. The molecule has 0 aliphatic heterocycles. The van der Waals surface area contributed by atoms with Gasteiger partial charge in [-0.1, -0.05) is 25.4 Å². The maximum absolute atomic E-state index is 6.11. The van der Waals surface area contributed by atoms with Crippen LogP contribution in [-0.4, -0.2) is 20.2 Å². The Morgan fingerprint density at radius 1 is 1.30 bits per heavy atom. The highest BCUT2D eigenvalue weighted by molar-refractivity contribution is 6.30. The Bertz CT molecular complexity index is 433. The molecule has 0 saturated heterocycles. The van der Waals surface area contributed by atoms with Crippen LogP contribution in [0.4, 0.5) is 0 Å². The Morgan fingerprint density at radius 2 is 2.05 bits per heavy atom. The van der Waals surface area contributed by atoms with Crippen LogP contribution < -0.4 is 10.1 Å². The minimum absolute atomic E-state index is 0.724. The zero-order valence-electron chi connectivity index (χ0n) is 12.8. The standard InChI is InChI=1S/C17H26ClNO/c1-12(2)10-19-11-14-5-4-13(14)8-15-9-16(18)6-7-17(15)20-3/h6-7,9,12-14,19H,4-5,8,10-11H2,1-3H3. The van der Waals surface area contributed by atoms with Crippen LogP contribution in [0.3, 0.4) is 0 Å². The van der Waals surface area contributed by atoms with Gasteiger partial charge in [-0.15, -0.1) is 0 Å². The van der Waals surface area contributed by atoms with E-state index in [0.717, 1.165) is 48.0 Å². The highest BCUT2D eigenvalue weighted by Crippen LogP contribution is 2.38. The monoisotopic (exact) mass is 295 g/mol. The van der Waals surface area contributed by atoms with Gasteiger partial charge in [-0.25, -0.2) is 0 Å². The van der Waals surface area contributed by atoms with Crippen molar-refractivity contribution in [2.45, 2.75) is 33.1 Å². The van der Waals surface area contributed by atoms with E-state index in [-0.39, 0.29) is 0 Å². The summed E-state index contributed by atoms with van der Waals surface area (Å²) in [5.41, 5.74) is 1.25. The first-order chi connectivity index (χ1) is 9.60. The fraction of sp³-hybridized carbons (Fsp3) is 0.647. The van der Waals surface area contributed by atoms with Crippen molar-refractivity contribution in [3.8, 4) is 5.75 Å². The predicted molar refractivity (Wildman–Crippen MR) is 85.6 cm³/mol. The van der Waals surface area contributed by atoms with Gasteiger partial charge in [0.25, 0.3) is 0 Å². The van der Waals surface area contributed by atoms with E-state index < -0.39 is 0 Å². The third kappa shape index (κ3) is 4.13. The maximum atomic E-state index is 6.11. The number of ether oxygens (including phenoxy) is 1. The van der Waals surface area contributed by atoms with Crippen molar-refractivity contribution >= 4 is 11.6 Å². The largest absolute Gasteiger partial charge is 0.496 e. The number of methoxy groups -OCH3 is 1. The molecular formula is C17H26ClNO. The Morgan fingerprint density at radius 3 is 2.65 bits per heavy atom. The van der Waals surface area contributed by atoms with E-state index in [1.54, 1.807) is 7.11 Å². The van der Waals surface area contributed by atoms with Crippen LogP contribution >= 0.6 is 11.6 Å². The van der Waals surface area contributed by atoms with E-state index in [9.17, 15) is 0 Å². The fourth-order valence-electron chi connectivity index (χ4n) is 2.92. The van der Waals surface area contributed by atoms with Crippen LogP contribution in [0.5, 0.6) is 5.75 Å². The molecule has 0 bridgehead atoms. The lowest BCUT2D eigenvalue weighted by Gasteiger charge is -2.37. The molecule has 1 aliphatic carbocycles. The van der Waals surface area contributed by atoms with Gasteiger partial charge in [0.15, 0.2) is 0 Å². The van der Waals surface area contributed by atoms with Crippen LogP contribution in [0.25, 0.3) is 0 Å².